The van der Waals surface area contributed by atoms with Crippen LogP contribution in [0.1, 0.15) is 15.9 Å². The molecule has 0 saturated carbocycles. The number of pyridine rings is 1. The fourth-order valence-corrected chi connectivity index (χ4v) is 2.63. The van der Waals surface area contributed by atoms with Crippen molar-refractivity contribution in [1.29, 1.82) is 5.26 Å². The molecule has 19 heavy (non-hydrogen) atoms. The van der Waals surface area contributed by atoms with Gasteiger partial charge in [-0.2, -0.15) is 5.26 Å². The predicted octanol–water partition coefficient (Wildman–Crippen LogP) is 3.57. The van der Waals surface area contributed by atoms with Gasteiger partial charge in [-0.15, -0.1) is 0 Å². The summed E-state index contributed by atoms with van der Waals surface area (Å²) in [4.78, 5) is 15.7. The first-order chi connectivity index (χ1) is 9.10. The number of halogens is 1. The topological polar surface area (TPSA) is 74.0 Å². The minimum atomic E-state index is -0.999. The van der Waals surface area contributed by atoms with Gasteiger partial charge in [-0.05, 0) is 30.3 Å². The maximum Gasteiger partial charge on any atom is 0.335 e. The summed E-state index contributed by atoms with van der Waals surface area (Å²) in [6, 6.07) is 10.3. The van der Waals surface area contributed by atoms with Crippen molar-refractivity contribution in [3.8, 4) is 6.07 Å². The van der Waals surface area contributed by atoms with Crippen molar-refractivity contribution in [2.75, 3.05) is 0 Å². The van der Waals surface area contributed by atoms with Crippen molar-refractivity contribution < 1.29 is 9.90 Å². The number of benzene rings is 1. The Kier molecular flexibility index (Phi) is 4.20. The number of carbonyl (C=O) groups is 1. The molecule has 0 aliphatic carbocycles. The van der Waals surface area contributed by atoms with E-state index in [2.05, 4.69) is 27.0 Å². The van der Waals surface area contributed by atoms with Crippen LogP contribution in [0.15, 0.2) is 50.9 Å². The third-order valence-electron chi connectivity index (χ3n) is 2.26. The minimum Gasteiger partial charge on any atom is -0.478 e. The summed E-state index contributed by atoms with van der Waals surface area (Å²) in [7, 11) is 0. The molecular formula is C13H7BrN2O2S. The third-order valence-corrected chi connectivity index (χ3v) is 3.76. The zero-order chi connectivity index (χ0) is 13.8. The highest BCUT2D eigenvalue weighted by Crippen LogP contribution is 2.30. The second-order valence-corrected chi connectivity index (χ2v) is 5.52. The summed E-state index contributed by atoms with van der Waals surface area (Å²) in [6.45, 7) is 0. The molecule has 2 rings (SSSR count). The average molecular weight is 335 g/mol. The van der Waals surface area contributed by atoms with Gasteiger partial charge in [-0.25, -0.2) is 9.78 Å². The van der Waals surface area contributed by atoms with Gasteiger partial charge in [-0.1, -0.05) is 27.7 Å². The standard InChI is InChI=1S/C13H7BrN2O2S/c14-10-1-2-11(9(5-10)7-15)19-12-6-8(13(17)18)3-4-16-12/h1-6H,(H,17,18). The molecule has 1 aromatic heterocycles. The van der Waals surface area contributed by atoms with E-state index in [1.54, 1.807) is 12.1 Å². The molecule has 4 nitrogen and oxygen atoms in total. The first-order valence-corrected chi connectivity index (χ1v) is 6.78. The van der Waals surface area contributed by atoms with Crippen molar-refractivity contribution in [1.82, 2.24) is 4.98 Å². The molecule has 1 N–H and O–H groups in total. The van der Waals surface area contributed by atoms with E-state index >= 15 is 0 Å². The number of aromatic carboxylic acids is 1. The van der Waals surface area contributed by atoms with Crippen LogP contribution < -0.4 is 0 Å². The molecule has 0 aliphatic heterocycles. The van der Waals surface area contributed by atoms with E-state index in [1.807, 2.05) is 6.07 Å². The van der Waals surface area contributed by atoms with Gasteiger partial charge in [0, 0.05) is 15.6 Å². The number of hydrogen-bond acceptors (Lipinski definition) is 4. The Balaban J connectivity index is 2.34. The van der Waals surface area contributed by atoms with Crippen LogP contribution in [0.5, 0.6) is 0 Å². The zero-order valence-electron chi connectivity index (χ0n) is 9.50. The Morgan fingerprint density at radius 3 is 2.84 bits per heavy atom. The number of aromatic nitrogens is 1. The van der Waals surface area contributed by atoms with E-state index in [-0.39, 0.29) is 5.56 Å². The van der Waals surface area contributed by atoms with Gasteiger partial charge in [0.1, 0.15) is 11.1 Å². The number of nitriles is 1. The quantitative estimate of drug-likeness (QED) is 0.928. The molecule has 1 heterocycles. The van der Waals surface area contributed by atoms with Crippen LogP contribution in [0.4, 0.5) is 0 Å². The molecule has 0 bridgehead atoms. The smallest absolute Gasteiger partial charge is 0.335 e. The van der Waals surface area contributed by atoms with Crippen molar-refractivity contribution in [3.63, 3.8) is 0 Å². The van der Waals surface area contributed by atoms with E-state index in [0.717, 1.165) is 9.37 Å². The van der Waals surface area contributed by atoms with Crippen LogP contribution >= 0.6 is 27.7 Å². The van der Waals surface area contributed by atoms with Crippen LogP contribution in [0.2, 0.25) is 0 Å². The Labute approximate surface area is 122 Å². The van der Waals surface area contributed by atoms with Gasteiger partial charge in [0.25, 0.3) is 0 Å². The number of nitrogens with zero attached hydrogens (tertiary/aromatic N) is 2. The molecular weight excluding hydrogens is 328 g/mol. The second-order valence-electron chi connectivity index (χ2n) is 3.54. The number of carboxylic acid groups (broad SMARTS) is 1. The van der Waals surface area contributed by atoms with E-state index in [9.17, 15) is 4.79 Å². The molecule has 6 heteroatoms. The maximum atomic E-state index is 10.9. The molecule has 0 radical (unpaired) electrons. The van der Waals surface area contributed by atoms with Crippen molar-refractivity contribution in [2.45, 2.75) is 9.92 Å². The molecule has 0 amide bonds. The molecule has 94 valence electrons. The zero-order valence-corrected chi connectivity index (χ0v) is 11.9. The first-order valence-electron chi connectivity index (χ1n) is 5.17. The molecule has 0 saturated heterocycles. The van der Waals surface area contributed by atoms with Crippen molar-refractivity contribution in [3.05, 3.63) is 52.1 Å². The van der Waals surface area contributed by atoms with Crippen molar-refractivity contribution >= 4 is 33.7 Å². The lowest BCUT2D eigenvalue weighted by atomic mass is 10.2. The molecule has 0 unspecified atom stereocenters. The molecule has 0 aliphatic rings. The second kappa shape index (κ2) is 5.87. The molecule has 0 atom stereocenters. The fraction of sp³-hybridized carbons (Fsp3) is 0. The Hall–Kier alpha value is -1.84. The van der Waals surface area contributed by atoms with E-state index in [1.165, 1.54) is 30.1 Å². The summed E-state index contributed by atoms with van der Waals surface area (Å²) in [5.41, 5.74) is 0.690. The molecule has 1 aromatic carbocycles. The predicted molar refractivity (Wildman–Crippen MR) is 74.2 cm³/mol. The van der Waals surface area contributed by atoms with Gasteiger partial charge < -0.3 is 5.11 Å². The van der Waals surface area contributed by atoms with Gasteiger partial charge >= 0.3 is 5.97 Å². The number of rotatable bonds is 3. The van der Waals surface area contributed by atoms with Gasteiger partial charge in [0.05, 0.1) is 11.1 Å². The van der Waals surface area contributed by atoms with Gasteiger partial charge in [-0.3, -0.25) is 0 Å². The van der Waals surface area contributed by atoms with Gasteiger partial charge in [0.15, 0.2) is 0 Å². The molecule has 0 spiro atoms. The lowest BCUT2D eigenvalue weighted by molar-refractivity contribution is 0.0696. The summed E-state index contributed by atoms with van der Waals surface area (Å²) in [6.07, 6.45) is 1.44. The third kappa shape index (κ3) is 3.34. The van der Waals surface area contributed by atoms with E-state index in [4.69, 9.17) is 10.4 Å². The Bertz CT molecular complexity index is 683. The maximum absolute atomic E-state index is 10.9. The van der Waals surface area contributed by atoms with Crippen LogP contribution in [-0.2, 0) is 0 Å². The minimum absolute atomic E-state index is 0.174. The SMILES string of the molecule is N#Cc1cc(Br)ccc1Sc1cc(C(=O)O)ccn1. The summed E-state index contributed by atoms with van der Waals surface area (Å²) in [5, 5.41) is 18.5. The number of hydrogen-bond donors (Lipinski definition) is 1. The van der Waals surface area contributed by atoms with E-state index in [0.29, 0.717) is 10.6 Å². The van der Waals surface area contributed by atoms with Crippen LogP contribution in [0.3, 0.4) is 0 Å². The van der Waals surface area contributed by atoms with Crippen LogP contribution in [0.25, 0.3) is 0 Å². The Morgan fingerprint density at radius 1 is 1.37 bits per heavy atom. The monoisotopic (exact) mass is 334 g/mol. The fourth-order valence-electron chi connectivity index (χ4n) is 1.39. The normalized spacial score (nSPS) is 9.89. The molecule has 2 aromatic rings. The van der Waals surface area contributed by atoms with Gasteiger partial charge in [0.2, 0.25) is 0 Å². The highest BCUT2D eigenvalue weighted by atomic mass is 79.9. The lowest BCUT2D eigenvalue weighted by Gasteiger charge is -2.04. The highest BCUT2D eigenvalue weighted by Gasteiger charge is 2.08. The van der Waals surface area contributed by atoms with Crippen LogP contribution in [0, 0.1) is 11.3 Å². The molecule has 0 fully saturated rings. The lowest BCUT2D eigenvalue weighted by Crippen LogP contribution is -1.96. The summed E-state index contributed by atoms with van der Waals surface area (Å²) < 4.78 is 0.820. The Morgan fingerprint density at radius 2 is 2.16 bits per heavy atom. The first kappa shape index (κ1) is 13.6. The van der Waals surface area contributed by atoms with Crippen LogP contribution in [-0.4, -0.2) is 16.1 Å². The van der Waals surface area contributed by atoms with E-state index < -0.39 is 5.97 Å². The highest BCUT2D eigenvalue weighted by molar-refractivity contribution is 9.10. The largest absolute Gasteiger partial charge is 0.478 e. The van der Waals surface area contributed by atoms with Crippen molar-refractivity contribution in [2.24, 2.45) is 0 Å². The summed E-state index contributed by atoms with van der Waals surface area (Å²) >= 11 is 4.56. The summed E-state index contributed by atoms with van der Waals surface area (Å²) in [5.74, 6) is -0.999. The number of carboxylic acids is 1. The average Bonchev–Trinajstić information content (AvgIpc) is 2.41.